The Morgan fingerprint density at radius 1 is 1.00 bits per heavy atom. The van der Waals surface area contributed by atoms with Gasteiger partial charge in [-0.25, -0.2) is 0 Å². The van der Waals surface area contributed by atoms with E-state index in [9.17, 15) is 5.26 Å². The number of carbonyl (C=O) groups is 2. The van der Waals surface area contributed by atoms with Gasteiger partial charge in [0, 0.05) is 35.8 Å². The molecule has 192 valence electrons. The monoisotopic (exact) mass is 499 g/mol. The van der Waals surface area contributed by atoms with E-state index in [0.717, 1.165) is 58.8 Å². The molecule has 0 saturated heterocycles. The highest BCUT2D eigenvalue weighted by atomic mass is 16.1. The van der Waals surface area contributed by atoms with Crippen molar-refractivity contribution >= 4 is 18.5 Å². The van der Waals surface area contributed by atoms with Gasteiger partial charge in [0.1, 0.15) is 0 Å². The Morgan fingerprint density at radius 3 is 2.27 bits per heavy atom. The van der Waals surface area contributed by atoms with Crippen molar-refractivity contribution in [1.82, 2.24) is 15.0 Å². The molecular weight excluding hydrogens is 466 g/mol. The number of nitrogens with two attached hydrogens (primary N) is 2. The van der Waals surface area contributed by atoms with Crippen LogP contribution in [0.1, 0.15) is 50.4 Å². The molecule has 0 spiro atoms. The lowest BCUT2D eigenvalue weighted by Crippen LogP contribution is -2.07. The Bertz CT molecular complexity index is 1270. The van der Waals surface area contributed by atoms with Gasteiger partial charge in [-0.2, -0.15) is 5.26 Å². The van der Waals surface area contributed by atoms with E-state index < -0.39 is 5.41 Å². The average molecular weight is 500 g/mol. The van der Waals surface area contributed by atoms with Crippen molar-refractivity contribution < 1.29 is 9.59 Å². The second-order valence-electron chi connectivity index (χ2n) is 9.67. The highest BCUT2D eigenvalue weighted by Crippen LogP contribution is 2.48. The van der Waals surface area contributed by atoms with Gasteiger partial charge in [-0.15, -0.1) is 0 Å². The van der Waals surface area contributed by atoms with Crippen LogP contribution in [-0.2, 0) is 15.0 Å². The number of aromatic nitrogens is 3. The summed E-state index contributed by atoms with van der Waals surface area (Å²) in [5, 5.41) is 13.1. The van der Waals surface area contributed by atoms with E-state index >= 15 is 0 Å². The van der Waals surface area contributed by atoms with Gasteiger partial charge in [0.15, 0.2) is 0 Å². The maximum Gasteiger partial charge on any atom is 0.204 e. The minimum Gasteiger partial charge on any atom is -0.384 e. The first-order chi connectivity index (χ1) is 17.8. The zero-order chi connectivity index (χ0) is 26.9. The van der Waals surface area contributed by atoms with Crippen LogP contribution in [0.15, 0.2) is 48.9 Å². The van der Waals surface area contributed by atoms with Gasteiger partial charge in [0.25, 0.3) is 0 Å². The van der Waals surface area contributed by atoms with Gasteiger partial charge < -0.3 is 16.8 Å². The van der Waals surface area contributed by atoms with Crippen molar-refractivity contribution in [3.63, 3.8) is 0 Å². The Morgan fingerprint density at radius 2 is 1.65 bits per heavy atom. The summed E-state index contributed by atoms with van der Waals surface area (Å²) in [4.78, 5) is 30.8. The molecule has 0 bridgehead atoms. The van der Waals surface area contributed by atoms with Gasteiger partial charge in [0.2, 0.25) is 12.8 Å². The number of amides is 2. The summed E-state index contributed by atoms with van der Waals surface area (Å²) in [6, 6.07) is 12.7. The third-order valence-electron chi connectivity index (χ3n) is 6.83. The van der Waals surface area contributed by atoms with Crippen LogP contribution in [0.25, 0.3) is 22.4 Å². The normalized spacial score (nSPS) is 15.4. The number of anilines is 1. The third kappa shape index (κ3) is 7.10. The average Bonchev–Trinajstić information content (AvgIpc) is 3.84. The van der Waals surface area contributed by atoms with Gasteiger partial charge in [-0.3, -0.25) is 24.5 Å². The Kier molecular flexibility index (Phi) is 8.90. The smallest absolute Gasteiger partial charge is 0.204 e. The number of nitrogens with one attached hydrogen (secondary N) is 1. The summed E-state index contributed by atoms with van der Waals surface area (Å²) in [6.07, 6.45) is 11.7. The zero-order valence-electron chi connectivity index (χ0n) is 21.3. The second kappa shape index (κ2) is 12.1. The molecule has 0 aliphatic heterocycles. The molecule has 2 aliphatic rings. The predicted molar refractivity (Wildman–Crippen MR) is 143 cm³/mol. The number of aryl methyl sites for hydroxylation is 1. The van der Waals surface area contributed by atoms with Crippen LogP contribution in [-0.4, -0.2) is 34.3 Å². The quantitative estimate of drug-likeness (QED) is 0.416. The number of carbonyl (C=O) groups excluding carboxylic acids is 2. The Balaban J connectivity index is 0.000000580. The molecule has 9 nitrogen and oxygen atoms in total. The first-order valence-electron chi connectivity index (χ1n) is 12.2. The van der Waals surface area contributed by atoms with E-state index in [1.165, 1.54) is 19.3 Å². The summed E-state index contributed by atoms with van der Waals surface area (Å²) < 4.78 is 0. The van der Waals surface area contributed by atoms with Crippen molar-refractivity contribution in [2.45, 2.75) is 51.4 Å². The first kappa shape index (κ1) is 27.3. The number of nitriles is 1. The minimum absolute atomic E-state index is 0.250. The number of pyridine rings is 3. The molecule has 0 atom stereocenters. The van der Waals surface area contributed by atoms with Crippen molar-refractivity contribution in [2.75, 3.05) is 11.9 Å². The number of primary amides is 2. The van der Waals surface area contributed by atoms with Crippen LogP contribution in [0.3, 0.4) is 0 Å². The number of hydrogen-bond acceptors (Lipinski definition) is 7. The molecule has 3 aromatic rings. The maximum absolute atomic E-state index is 9.51. The number of nitrogens with zero attached hydrogens (tertiary/aromatic N) is 4. The third-order valence-corrected chi connectivity index (χ3v) is 6.83. The topological polar surface area (TPSA) is 161 Å². The maximum atomic E-state index is 9.51. The molecule has 2 aliphatic carbocycles. The summed E-state index contributed by atoms with van der Waals surface area (Å²) in [5.41, 5.74) is 15.5. The Labute approximate surface area is 217 Å². The lowest BCUT2D eigenvalue weighted by Gasteiger charge is -2.13. The molecule has 5 N–H and O–H groups in total. The van der Waals surface area contributed by atoms with Gasteiger partial charge >= 0.3 is 0 Å². The molecule has 9 heteroatoms. The van der Waals surface area contributed by atoms with Gasteiger partial charge in [-0.05, 0) is 80.3 Å². The summed E-state index contributed by atoms with van der Waals surface area (Å²) >= 11 is 0. The molecule has 3 aromatic heterocycles. The van der Waals surface area contributed by atoms with Gasteiger partial charge in [0.05, 0.1) is 34.8 Å². The largest absolute Gasteiger partial charge is 0.384 e. The molecule has 2 saturated carbocycles. The number of hydrogen-bond donors (Lipinski definition) is 3. The van der Waals surface area contributed by atoms with Crippen molar-refractivity contribution in [1.29, 1.82) is 5.26 Å². The van der Waals surface area contributed by atoms with Crippen LogP contribution in [0.2, 0.25) is 0 Å². The molecule has 2 fully saturated rings. The van der Waals surface area contributed by atoms with Crippen LogP contribution >= 0.6 is 0 Å². The van der Waals surface area contributed by atoms with Crippen LogP contribution < -0.4 is 16.8 Å². The standard InChI is InChI=1S/C26H27N5.2CH3NO/c1-18-22(15-21(16-31-18)28-12-9-25(2)5-6-25)19-3-10-29-23(13-19)20-4-11-30-24(14-20)26(17-27)7-8-26;2*2-1-3/h3-4,10-11,13-16,28H,5-9,12H2,1-2H3;2*1H,(H2,2,3). The van der Waals surface area contributed by atoms with E-state index in [2.05, 4.69) is 56.9 Å². The summed E-state index contributed by atoms with van der Waals surface area (Å²) in [7, 11) is 0. The van der Waals surface area contributed by atoms with Crippen molar-refractivity contribution in [3.8, 4) is 28.5 Å². The summed E-state index contributed by atoms with van der Waals surface area (Å²) in [6.45, 7) is 5.37. The lowest BCUT2D eigenvalue weighted by atomic mass is 9.99. The predicted octanol–water partition coefficient (Wildman–Crippen LogP) is 3.87. The lowest BCUT2D eigenvalue weighted by molar-refractivity contribution is -0.107. The van der Waals surface area contributed by atoms with E-state index in [-0.39, 0.29) is 12.8 Å². The molecular formula is C28H33N7O2. The van der Waals surface area contributed by atoms with Crippen LogP contribution in [0.4, 0.5) is 5.69 Å². The highest BCUT2D eigenvalue weighted by molar-refractivity contribution is 5.74. The van der Waals surface area contributed by atoms with Crippen LogP contribution in [0, 0.1) is 23.7 Å². The Hall–Kier alpha value is -4.32. The van der Waals surface area contributed by atoms with Crippen molar-refractivity contribution in [2.24, 2.45) is 16.9 Å². The highest BCUT2D eigenvalue weighted by Gasteiger charge is 2.46. The summed E-state index contributed by atoms with van der Waals surface area (Å²) in [5.74, 6) is 0. The van der Waals surface area contributed by atoms with Crippen LogP contribution in [0.5, 0.6) is 0 Å². The second-order valence-corrected chi connectivity index (χ2v) is 9.67. The molecule has 3 heterocycles. The molecule has 0 radical (unpaired) electrons. The first-order valence-corrected chi connectivity index (χ1v) is 12.2. The molecule has 37 heavy (non-hydrogen) atoms. The van der Waals surface area contributed by atoms with E-state index in [4.69, 9.17) is 9.59 Å². The fourth-order valence-corrected chi connectivity index (χ4v) is 4.05. The molecule has 2 amide bonds. The SMILES string of the molecule is Cc1ncc(NCCC2(C)CC2)cc1-c1ccnc(-c2ccnc(C3(C#N)CC3)c2)c1.NC=O.NC=O. The van der Waals surface area contributed by atoms with E-state index in [1.807, 2.05) is 37.5 Å². The molecule has 5 rings (SSSR count). The molecule has 0 aromatic carbocycles. The fraction of sp³-hybridized carbons (Fsp3) is 0.357. The van der Waals surface area contributed by atoms with E-state index in [1.54, 1.807) is 6.20 Å². The minimum atomic E-state index is -0.397. The number of rotatable bonds is 7. The zero-order valence-corrected chi connectivity index (χ0v) is 21.3. The van der Waals surface area contributed by atoms with E-state index in [0.29, 0.717) is 5.41 Å². The van der Waals surface area contributed by atoms with Gasteiger partial charge in [-0.1, -0.05) is 6.92 Å². The fourth-order valence-electron chi connectivity index (χ4n) is 4.05. The molecule has 0 unspecified atom stereocenters. The van der Waals surface area contributed by atoms with Crippen molar-refractivity contribution in [3.05, 3.63) is 60.3 Å².